The molecule has 0 saturated heterocycles. The van der Waals surface area contributed by atoms with Gasteiger partial charge < -0.3 is 9.84 Å². The summed E-state index contributed by atoms with van der Waals surface area (Å²) in [5.74, 6) is -1.22. The highest BCUT2D eigenvalue weighted by Gasteiger charge is 2.21. The lowest BCUT2D eigenvalue weighted by atomic mass is 10.2. The van der Waals surface area contributed by atoms with Crippen molar-refractivity contribution in [3.8, 4) is 17.6 Å². The number of aliphatic imine (C=N–C) groups is 1. The van der Waals surface area contributed by atoms with Crippen LogP contribution in [0.3, 0.4) is 0 Å². The zero-order chi connectivity index (χ0) is 22.7. The van der Waals surface area contributed by atoms with Gasteiger partial charge in [0.25, 0.3) is 5.56 Å². The van der Waals surface area contributed by atoms with Crippen molar-refractivity contribution >= 4 is 40.1 Å². The molecule has 3 aromatic rings. The van der Waals surface area contributed by atoms with Crippen LogP contribution in [-0.4, -0.2) is 33.4 Å². The maximum Gasteiger partial charge on any atom is 0.348 e. The van der Waals surface area contributed by atoms with Gasteiger partial charge in [-0.1, -0.05) is 11.6 Å². The smallest absolute Gasteiger partial charge is 0.348 e. The average Bonchev–Trinajstić information content (AvgIpc) is 3.04. The fourth-order valence-electron chi connectivity index (χ4n) is 2.72. The summed E-state index contributed by atoms with van der Waals surface area (Å²) in [5.41, 5.74) is -1.20. The molecule has 0 unspecified atom stereocenters. The van der Waals surface area contributed by atoms with E-state index in [-0.39, 0.29) is 33.3 Å². The van der Waals surface area contributed by atoms with Crippen molar-refractivity contribution in [1.82, 2.24) is 9.55 Å². The number of benzene rings is 1. The van der Waals surface area contributed by atoms with Crippen LogP contribution >= 0.6 is 22.9 Å². The van der Waals surface area contributed by atoms with E-state index in [0.717, 1.165) is 22.1 Å². The largest absolute Gasteiger partial charge is 0.493 e. The zero-order valence-electron chi connectivity index (χ0n) is 16.3. The molecule has 1 aromatic carbocycles. The number of hydrogen-bond donors (Lipinski definition) is 2. The van der Waals surface area contributed by atoms with Gasteiger partial charge in [-0.2, -0.15) is 5.26 Å². The number of nitriles is 1. The Morgan fingerprint density at radius 3 is 2.68 bits per heavy atom. The number of thiophene rings is 1. The van der Waals surface area contributed by atoms with E-state index < -0.39 is 23.1 Å². The normalized spacial score (nSPS) is 10.9. The fourth-order valence-corrected chi connectivity index (χ4v) is 3.84. The van der Waals surface area contributed by atoms with Gasteiger partial charge in [-0.3, -0.25) is 9.78 Å². The molecule has 2 N–H and O–H groups in total. The van der Waals surface area contributed by atoms with Crippen molar-refractivity contribution in [3.05, 3.63) is 71.7 Å². The Morgan fingerprint density at radius 2 is 2.06 bits per heavy atom. The zero-order valence-corrected chi connectivity index (χ0v) is 17.9. The van der Waals surface area contributed by atoms with E-state index in [4.69, 9.17) is 16.3 Å². The van der Waals surface area contributed by atoms with E-state index in [1.165, 1.54) is 24.3 Å². The molecule has 0 saturated carbocycles. The number of carbonyl (C=O) groups excluding carboxylic acids is 1. The number of aromatic hydroxyl groups is 1. The summed E-state index contributed by atoms with van der Waals surface area (Å²) in [6, 6.07) is 7.99. The van der Waals surface area contributed by atoms with Crippen molar-refractivity contribution in [2.75, 3.05) is 6.61 Å². The van der Waals surface area contributed by atoms with E-state index in [2.05, 4.69) is 9.98 Å². The van der Waals surface area contributed by atoms with Gasteiger partial charge in [0, 0.05) is 11.2 Å². The first kappa shape index (κ1) is 22.0. The average molecular weight is 459 g/mol. The van der Waals surface area contributed by atoms with Gasteiger partial charge >= 0.3 is 11.7 Å². The molecule has 0 aliphatic rings. The van der Waals surface area contributed by atoms with Crippen molar-refractivity contribution < 1.29 is 14.6 Å². The lowest BCUT2D eigenvalue weighted by Crippen LogP contribution is -2.31. The summed E-state index contributed by atoms with van der Waals surface area (Å²) < 4.78 is 5.86. The second-order valence-corrected chi connectivity index (χ2v) is 7.57. The summed E-state index contributed by atoms with van der Waals surface area (Å²) in [6.45, 7) is 3.42. The number of esters is 1. The maximum atomic E-state index is 12.3. The Morgan fingerprint density at radius 1 is 1.39 bits per heavy atom. The topological polar surface area (TPSA) is 138 Å². The molecular formula is C20H15ClN4O5S. The van der Waals surface area contributed by atoms with Gasteiger partial charge in [-0.05, 0) is 43.7 Å². The summed E-state index contributed by atoms with van der Waals surface area (Å²) in [6.07, 6.45) is 1.03. The van der Waals surface area contributed by atoms with E-state index in [0.29, 0.717) is 10.6 Å². The number of halogens is 1. The number of aromatic amines is 1. The maximum absolute atomic E-state index is 12.3. The summed E-state index contributed by atoms with van der Waals surface area (Å²) in [4.78, 5) is 43.0. The molecular weight excluding hydrogens is 444 g/mol. The van der Waals surface area contributed by atoms with E-state index in [9.17, 15) is 24.8 Å². The molecule has 2 heterocycles. The minimum absolute atomic E-state index is 0.145. The fraction of sp³-hybridized carbons (Fsp3) is 0.150. The number of nitrogens with one attached hydrogen (secondary N) is 1. The van der Waals surface area contributed by atoms with Crippen LogP contribution in [0.25, 0.3) is 5.69 Å². The van der Waals surface area contributed by atoms with Gasteiger partial charge in [0.2, 0.25) is 5.88 Å². The molecule has 2 aromatic heterocycles. The van der Waals surface area contributed by atoms with Crippen molar-refractivity contribution in [2.45, 2.75) is 13.8 Å². The van der Waals surface area contributed by atoms with Crippen LogP contribution in [0.1, 0.15) is 33.3 Å². The predicted molar refractivity (Wildman–Crippen MR) is 116 cm³/mol. The molecule has 0 atom stereocenters. The van der Waals surface area contributed by atoms with Crippen molar-refractivity contribution in [1.29, 1.82) is 5.26 Å². The summed E-state index contributed by atoms with van der Waals surface area (Å²) >= 11 is 6.77. The molecule has 0 radical (unpaired) electrons. The first-order valence-corrected chi connectivity index (χ1v) is 10.1. The van der Waals surface area contributed by atoms with Crippen molar-refractivity contribution in [2.24, 2.45) is 4.99 Å². The first-order valence-electron chi connectivity index (χ1n) is 8.87. The second-order valence-electron chi connectivity index (χ2n) is 6.14. The van der Waals surface area contributed by atoms with Crippen LogP contribution in [0.2, 0.25) is 5.02 Å². The minimum Gasteiger partial charge on any atom is -0.493 e. The van der Waals surface area contributed by atoms with Crippen LogP contribution in [0.15, 0.2) is 38.8 Å². The molecule has 0 aliphatic carbocycles. The minimum atomic E-state index is -0.867. The third-order valence-corrected chi connectivity index (χ3v) is 5.65. The molecule has 9 nitrogen and oxygen atoms in total. The molecule has 31 heavy (non-hydrogen) atoms. The highest BCUT2D eigenvalue weighted by molar-refractivity contribution is 7.18. The Hall–Kier alpha value is -3.68. The molecule has 0 aliphatic heterocycles. The number of rotatable bonds is 5. The number of ether oxygens (including phenoxy) is 1. The second kappa shape index (κ2) is 8.99. The first-order chi connectivity index (χ1) is 14.8. The van der Waals surface area contributed by atoms with Gasteiger partial charge in [0.15, 0.2) is 0 Å². The summed E-state index contributed by atoms with van der Waals surface area (Å²) in [7, 11) is 0. The number of carbonyl (C=O) groups is 1. The Labute approximate surface area is 184 Å². The van der Waals surface area contributed by atoms with Crippen molar-refractivity contribution in [3.63, 3.8) is 0 Å². The highest BCUT2D eigenvalue weighted by atomic mass is 35.5. The lowest BCUT2D eigenvalue weighted by molar-refractivity contribution is 0.0531. The highest BCUT2D eigenvalue weighted by Crippen LogP contribution is 2.35. The third kappa shape index (κ3) is 4.28. The van der Waals surface area contributed by atoms with Crippen LogP contribution in [-0.2, 0) is 4.74 Å². The SMILES string of the molecule is CCOC(=O)c1sc(/N=C/c2c(O)n(-c3ccc(Cl)cc3)c(=O)[nH]c2=O)c(C#N)c1C. The van der Waals surface area contributed by atoms with Crippen LogP contribution in [0.4, 0.5) is 5.00 Å². The Bertz CT molecular complexity index is 1350. The molecule has 0 fully saturated rings. The standard InChI is InChI=1S/C20H15ClN4O5S/c1-3-30-19(28)15-10(2)13(8-22)17(31-15)23-9-14-16(26)24-20(29)25(18(14)27)12-6-4-11(21)5-7-12/h4-7,9,27H,3H2,1-2H3,(H,24,26,29)/b23-9+. The molecule has 0 amide bonds. The van der Waals surface area contributed by atoms with E-state index >= 15 is 0 Å². The predicted octanol–water partition coefficient (Wildman–Crippen LogP) is 3.05. The monoisotopic (exact) mass is 458 g/mol. The van der Waals surface area contributed by atoms with Gasteiger partial charge in [0.1, 0.15) is 21.5 Å². The van der Waals surface area contributed by atoms with Gasteiger partial charge in [0.05, 0.1) is 17.9 Å². The molecule has 3 rings (SSSR count). The molecule has 0 bridgehead atoms. The van der Waals surface area contributed by atoms with Crippen LogP contribution in [0.5, 0.6) is 5.88 Å². The van der Waals surface area contributed by atoms with Crippen LogP contribution in [0, 0.1) is 18.3 Å². The Balaban J connectivity index is 2.11. The Kier molecular flexibility index (Phi) is 6.39. The number of aromatic nitrogens is 2. The van der Waals surface area contributed by atoms with E-state index in [1.807, 2.05) is 6.07 Å². The van der Waals surface area contributed by atoms with Gasteiger partial charge in [-0.25, -0.2) is 19.1 Å². The van der Waals surface area contributed by atoms with Gasteiger partial charge in [-0.15, -0.1) is 11.3 Å². The number of H-pyrrole nitrogens is 1. The number of nitrogens with zero attached hydrogens (tertiary/aromatic N) is 3. The summed E-state index contributed by atoms with van der Waals surface area (Å²) in [5, 5.41) is 20.6. The molecule has 11 heteroatoms. The number of hydrogen-bond acceptors (Lipinski definition) is 8. The third-order valence-electron chi connectivity index (χ3n) is 4.22. The van der Waals surface area contributed by atoms with E-state index in [1.54, 1.807) is 13.8 Å². The van der Waals surface area contributed by atoms with Crippen LogP contribution < -0.4 is 11.2 Å². The quantitative estimate of drug-likeness (QED) is 0.445. The molecule has 158 valence electrons. The lowest BCUT2D eigenvalue weighted by Gasteiger charge is -2.09. The molecule has 0 spiro atoms.